The van der Waals surface area contributed by atoms with E-state index >= 15 is 0 Å². The highest BCUT2D eigenvalue weighted by Crippen LogP contribution is 2.31. The average molecular weight is 448 g/mol. The molecule has 0 atom stereocenters. The lowest BCUT2D eigenvalue weighted by atomic mass is 10.2. The third-order valence-electron chi connectivity index (χ3n) is 3.83. The van der Waals surface area contributed by atoms with Gasteiger partial charge in [0.15, 0.2) is 0 Å². The van der Waals surface area contributed by atoms with Gasteiger partial charge in [0.2, 0.25) is 11.6 Å². The molecule has 158 valence electrons. The van der Waals surface area contributed by atoms with Gasteiger partial charge in [-0.1, -0.05) is 23.7 Å². The number of aromatic nitrogens is 2. The van der Waals surface area contributed by atoms with Crippen LogP contribution in [0.3, 0.4) is 0 Å². The van der Waals surface area contributed by atoms with E-state index in [0.717, 1.165) is 18.5 Å². The monoisotopic (exact) mass is 447 g/mol. The molecule has 12 nitrogen and oxygen atoms in total. The molecular formula is C17H11ClFN7O5. The first-order valence-electron chi connectivity index (χ1n) is 8.29. The molecule has 0 aliphatic heterocycles. The van der Waals surface area contributed by atoms with Gasteiger partial charge in [-0.3, -0.25) is 35.9 Å². The second-order valence-electron chi connectivity index (χ2n) is 5.78. The quantitative estimate of drug-likeness (QED) is 0.362. The van der Waals surface area contributed by atoms with Crippen LogP contribution in [0.5, 0.6) is 0 Å². The number of carbonyl (C=O) groups is 1. The van der Waals surface area contributed by atoms with E-state index in [0.29, 0.717) is 0 Å². The molecule has 0 spiro atoms. The first-order chi connectivity index (χ1) is 14.8. The minimum atomic E-state index is -0.917. The summed E-state index contributed by atoms with van der Waals surface area (Å²) in [5.74, 6) is -2.27. The number of halogens is 2. The summed E-state index contributed by atoms with van der Waals surface area (Å²) >= 11 is 5.70. The molecule has 0 saturated heterocycles. The molecular weight excluding hydrogens is 437 g/mol. The van der Waals surface area contributed by atoms with Crippen molar-refractivity contribution in [1.29, 1.82) is 0 Å². The van der Waals surface area contributed by atoms with E-state index in [1.807, 2.05) is 0 Å². The van der Waals surface area contributed by atoms with Crippen LogP contribution in [0.2, 0.25) is 5.02 Å². The third kappa shape index (κ3) is 4.79. The number of nitro benzene ring substituents is 1. The number of benzene rings is 2. The summed E-state index contributed by atoms with van der Waals surface area (Å²) in [5.41, 5.74) is 3.24. The van der Waals surface area contributed by atoms with Crippen LogP contribution in [-0.2, 0) is 0 Å². The summed E-state index contributed by atoms with van der Waals surface area (Å²) in [6.45, 7) is 0. The van der Waals surface area contributed by atoms with Crippen LogP contribution >= 0.6 is 11.6 Å². The Kier molecular flexibility index (Phi) is 6.16. The Morgan fingerprint density at radius 2 is 1.74 bits per heavy atom. The molecule has 14 heteroatoms. The van der Waals surface area contributed by atoms with Crippen LogP contribution in [-0.4, -0.2) is 25.7 Å². The van der Waals surface area contributed by atoms with Crippen molar-refractivity contribution in [2.75, 3.05) is 10.7 Å². The van der Waals surface area contributed by atoms with Crippen molar-refractivity contribution >= 4 is 46.2 Å². The number of nitro groups is 2. The molecule has 0 radical (unpaired) electrons. The lowest BCUT2D eigenvalue weighted by Gasteiger charge is -2.11. The standard InChI is InChI=1S/C17H11ClFN7O5/c18-11-7-9(5-6-12(11)19)22-15-14(26(30)31)16(21-8-20-15)23-24-17(27)10-3-1-2-4-13(10)25(28)29/h1-8H,(H,24,27)(H2,20,21,22,23). The maximum atomic E-state index is 13.3. The molecule has 0 saturated carbocycles. The Labute approximate surface area is 177 Å². The molecule has 1 heterocycles. The van der Waals surface area contributed by atoms with Gasteiger partial charge in [0.1, 0.15) is 17.7 Å². The van der Waals surface area contributed by atoms with Crippen LogP contribution in [0.4, 0.5) is 33.1 Å². The van der Waals surface area contributed by atoms with Crippen molar-refractivity contribution in [3.8, 4) is 0 Å². The summed E-state index contributed by atoms with van der Waals surface area (Å²) in [4.78, 5) is 40.9. The molecule has 0 unspecified atom stereocenters. The zero-order chi connectivity index (χ0) is 22.5. The first kappa shape index (κ1) is 21.3. The number of rotatable bonds is 7. The van der Waals surface area contributed by atoms with Crippen molar-refractivity contribution in [1.82, 2.24) is 15.4 Å². The van der Waals surface area contributed by atoms with Gasteiger partial charge in [0, 0.05) is 11.8 Å². The fourth-order valence-electron chi connectivity index (χ4n) is 2.45. The largest absolute Gasteiger partial charge is 0.355 e. The van der Waals surface area contributed by atoms with Crippen molar-refractivity contribution in [2.45, 2.75) is 0 Å². The molecule has 3 N–H and O–H groups in total. The molecule has 3 rings (SSSR count). The molecule has 31 heavy (non-hydrogen) atoms. The van der Waals surface area contributed by atoms with Gasteiger partial charge in [-0.2, -0.15) is 0 Å². The number of para-hydroxylation sites is 1. The Balaban J connectivity index is 1.86. The lowest BCUT2D eigenvalue weighted by molar-refractivity contribution is -0.385. The van der Waals surface area contributed by atoms with E-state index in [9.17, 15) is 29.4 Å². The smallest absolute Gasteiger partial charge is 0.334 e. The lowest BCUT2D eigenvalue weighted by Crippen LogP contribution is -2.30. The molecule has 0 fully saturated rings. The molecule has 1 amide bonds. The maximum Gasteiger partial charge on any atom is 0.355 e. The van der Waals surface area contributed by atoms with E-state index in [2.05, 4.69) is 26.1 Å². The number of nitrogens with one attached hydrogen (secondary N) is 3. The maximum absolute atomic E-state index is 13.3. The van der Waals surface area contributed by atoms with Crippen LogP contribution in [0.1, 0.15) is 10.4 Å². The van der Waals surface area contributed by atoms with E-state index in [4.69, 9.17) is 11.6 Å². The van der Waals surface area contributed by atoms with Crippen molar-refractivity contribution < 1.29 is 19.0 Å². The van der Waals surface area contributed by atoms with E-state index in [1.165, 1.54) is 30.3 Å². The SMILES string of the molecule is O=C(NNc1ncnc(Nc2ccc(F)c(Cl)c2)c1[N+](=O)[O-])c1ccccc1[N+](=O)[O-]. The van der Waals surface area contributed by atoms with E-state index in [-0.39, 0.29) is 22.1 Å². The molecule has 1 aromatic heterocycles. The zero-order valence-electron chi connectivity index (χ0n) is 15.2. The Morgan fingerprint density at radius 1 is 1.03 bits per heavy atom. The van der Waals surface area contributed by atoms with E-state index < -0.39 is 38.8 Å². The first-order valence-corrected chi connectivity index (χ1v) is 8.67. The van der Waals surface area contributed by atoms with Crippen LogP contribution in [0.25, 0.3) is 0 Å². The minimum absolute atomic E-state index is 0.211. The summed E-state index contributed by atoms with van der Waals surface area (Å²) in [5, 5.41) is 25.0. The zero-order valence-corrected chi connectivity index (χ0v) is 16.0. The summed E-state index contributed by atoms with van der Waals surface area (Å²) in [6, 6.07) is 8.71. The Hall–Kier alpha value is -4.39. The molecule has 2 aromatic carbocycles. The second-order valence-corrected chi connectivity index (χ2v) is 6.19. The van der Waals surface area contributed by atoms with Crippen molar-refractivity contribution in [2.24, 2.45) is 0 Å². The molecule has 0 aliphatic rings. The van der Waals surface area contributed by atoms with Crippen LogP contribution in [0, 0.1) is 26.0 Å². The predicted molar refractivity (Wildman–Crippen MR) is 108 cm³/mol. The Morgan fingerprint density at radius 3 is 2.42 bits per heavy atom. The highest BCUT2D eigenvalue weighted by atomic mass is 35.5. The number of carbonyl (C=O) groups excluding carboxylic acids is 1. The normalized spacial score (nSPS) is 10.3. The van der Waals surface area contributed by atoms with Gasteiger partial charge >= 0.3 is 5.69 Å². The average Bonchev–Trinajstić information content (AvgIpc) is 2.74. The molecule has 0 aliphatic carbocycles. The second kappa shape index (κ2) is 8.96. The van der Waals surface area contributed by atoms with Gasteiger partial charge < -0.3 is 5.32 Å². The minimum Gasteiger partial charge on any atom is -0.334 e. The number of nitrogens with zero attached hydrogens (tertiary/aromatic N) is 4. The summed E-state index contributed by atoms with van der Waals surface area (Å²) < 4.78 is 13.3. The highest BCUT2D eigenvalue weighted by molar-refractivity contribution is 6.31. The Bertz CT molecular complexity index is 1190. The van der Waals surface area contributed by atoms with Crippen LogP contribution < -0.4 is 16.2 Å². The number of hydrogen-bond acceptors (Lipinski definition) is 9. The topological polar surface area (TPSA) is 165 Å². The third-order valence-corrected chi connectivity index (χ3v) is 4.12. The number of anilines is 3. The van der Waals surface area contributed by atoms with Gasteiger partial charge in [0.25, 0.3) is 11.6 Å². The predicted octanol–water partition coefficient (Wildman–Crippen LogP) is 3.59. The van der Waals surface area contributed by atoms with Crippen molar-refractivity contribution in [3.63, 3.8) is 0 Å². The van der Waals surface area contributed by atoms with Crippen LogP contribution in [0.15, 0.2) is 48.8 Å². The van der Waals surface area contributed by atoms with Crippen molar-refractivity contribution in [3.05, 3.63) is 85.4 Å². The molecule has 3 aromatic rings. The molecule has 0 bridgehead atoms. The summed E-state index contributed by atoms with van der Waals surface area (Å²) in [7, 11) is 0. The van der Waals surface area contributed by atoms with Gasteiger partial charge in [-0.05, 0) is 24.3 Å². The number of hydrazine groups is 1. The van der Waals surface area contributed by atoms with Gasteiger partial charge in [-0.15, -0.1) is 0 Å². The highest BCUT2D eigenvalue weighted by Gasteiger charge is 2.25. The van der Waals surface area contributed by atoms with E-state index in [1.54, 1.807) is 0 Å². The number of hydrogen-bond donors (Lipinski definition) is 3. The van der Waals surface area contributed by atoms with Gasteiger partial charge in [-0.25, -0.2) is 14.4 Å². The fraction of sp³-hybridized carbons (Fsp3) is 0. The number of amides is 1. The fourth-order valence-corrected chi connectivity index (χ4v) is 2.63. The van der Waals surface area contributed by atoms with Gasteiger partial charge in [0.05, 0.1) is 14.9 Å². The summed E-state index contributed by atoms with van der Waals surface area (Å²) in [6.07, 6.45) is 0.972.